The third kappa shape index (κ3) is 0.887. The largest absolute Gasteiger partial charge is 0.496 e. The van der Waals surface area contributed by atoms with Gasteiger partial charge in [0.25, 0.3) is 0 Å². The molecule has 0 atom stereocenters. The van der Waals surface area contributed by atoms with Crippen molar-refractivity contribution >= 4 is 10.9 Å². The van der Waals surface area contributed by atoms with Crippen molar-refractivity contribution in [3.8, 4) is 5.75 Å². The molecule has 0 radical (unpaired) electrons. The van der Waals surface area contributed by atoms with Crippen LogP contribution in [0.25, 0.3) is 10.9 Å². The Morgan fingerprint density at radius 3 is 3.08 bits per heavy atom. The molecule has 2 aromatic rings. The molecule has 0 aliphatic rings. The van der Waals surface area contributed by atoms with Crippen LogP contribution in [0.15, 0.2) is 24.4 Å². The Balaban J connectivity index is 2.78. The van der Waals surface area contributed by atoms with Gasteiger partial charge in [0.1, 0.15) is 5.75 Å². The molecule has 0 saturated heterocycles. The molecule has 0 saturated carbocycles. The summed E-state index contributed by atoms with van der Waals surface area (Å²) in [5, 5.41) is 4.97. The quantitative estimate of drug-likeness (QED) is 0.631. The van der Waals surface area contributed by atoms with E-state index in [1.165, 1.54) is 4.79 Å². The van der Waals surface area contributed by atoms with Gasteiger partial charge in [0, 0.05) is 0 Å². The van der Waals surface area contributed by atoms with Gasteiger partial charge in [-0.1, -0.05) is 6.07 Å². The van der Waals surface area contributed by atoms with Gasteiger partial charge in [0.15, 0.2) is 0 Å². The first-order valence-corrected chi connectivity index (χ1v) is 3.59. The second-order valence-corrected chi connectivity index (χ2v) is 2.50. The van der Waals surface area contributed by atoms with Crippen molar-refractivity contribution in [3.63, 3.8) is 0 Å². The van der Waals surface area contributed by atoms with E-state index in [1.807, 2.05) is 18.2 Å². The zero-order valence-corrected chi connectivity index (χ0v) is 6.69. The summed E-state index contributed by atoms with van der Waals surface area (Å²) in [7, 11) is 1.63. The predicted molar refractivity (Wildman–Crippen MR) is 46.4 cm³/mol. The summed E-state index contributed by atoms with van der Waals surface area (Å²) in [4.78, 5) is 1.28. The van der Waals surface area contributed by atoms with Gasteiger partial charge in [-0.05, 0) is 12.1 Å². The summed E-state index contributed by atoms with van der Waals surface area (Å²) in [6, 6.07) is 5.65. The van der Waals surface area contributed by atoms with Crippen LogP contribution in [0.2, 0.25) is 0 Å². The van der Waals surface area contributed by atoms with Crippen LogP contribution in [0.5, 0.6) is 5.75 Å². The number of methoxy groups -OCH3 is 1. The van der Waals surface area contributed by atoms with E-state index in [1.54, 1.807) is 13.3 Å². The molecular weight excluding hydrogens is 154 g/mol. The molecule has 0 amide bonds. The van der Waals surface area contributed by atoms with Crippen molar-refractivity contribution in [1.29, 1.82) is 0 Å². The van der Waals surface area contributed by atoms with Crippen molar-refractivity contribution in [2.75, 3.05) is 13.0 Å². The van der Waals surface area contributed by atoms with Crippen molar-refractivity contribution in [2.45, 2.75) is 0 Å². The van der Waals surface area contributed by atoms with E-state index in [0.717, 1.165) is 16.7 Å². The SMILES string of the molecule is COc1cccc2nn(N)cc12. The fraction of sp³-hybridized carbons (Fsp3) is 0.125. The lowest BCUT2D eigenvalue weighted by molar-refractivity contribution is 0.420. The lowest BCUT2D eigenvalue weighted by Gasteiger charge is -1.97. The van der Waals surface area contributed by atoms with Crippen LogP contribution in [0.3, 0.4) is 0 Å². The molecule has 0 bridgehead atoms. The maximum Gasteiger partial charge on any atom is 0.129 e. The van der Waals surface area contributed by atoms with Gasteiger partial charge >= 0.3 is 0 Å². The third-order valence-electron chi connectivity index (χ3n) is 1.75. The van der Waals surface area contributed by atoms with Crippen molar-refractivity contribution < 1.29 is 4.74 Å². The lowest BCUT2D eigenvalue weighted by atomic mass is 10.2. The maximum atomic E-state index is 5.46. The number of nitrogens with zero attached hydrogens (tertiary/aromatic N) is 2. The minimum atomic E-state index is 0.796. The van der Waals surface area contributed by atoms with Gasteiger partial charge < -0.3 is 10.6 Å². The van der Waals surface area contributed by atoms with Gasteiger partial charge in [-0.25, -0.2) is 0 Å². The molecule has 1 heterocycles. The zero-order valence-electron chi connectivity index (χ0n) is 6.69. The summed E-state index contributed by atoms with van der Waals surface area (Å²) in [5.74, 6) is 6.26. The van der Waals surface area contributed by atoms with E-state index in [0.29, 0.717) is 0 Å². The molecule has 0 aliphatic carbocycles. The minimum absolute atomic E-state index is 0.796. The van der Waals surface area contributed by atoms with E-state index < -0.39 is 0 Å². The molecule has 0 fully saturated rings. The van der Waals surface area contributed by atoms with E-state index >= 15 is 0 Å². The van der Waals surface area contributed by atoms with Gasteiger partial charge in [-0.2, -0.15) is 9.89 Å². The topological polar surface area (TPSA) is 53.1 Å². The molecule has 2 rings (SSSR count). The smallest absolute Gasteiger partial charge is 0.129 e. The first kappa shape index (κ1) is 6.97. The number of nitrogen functional groups attached to an aromatic ring is 1. The standard InChI is InChI=1S/C8H9N3O/c1-12-8-4-2-3-7-6(8)5-11(9)10-7/h2-5H,9H2,1H3. The molecule has 4 heteroatoms. The molecular formula is C8H9N3O. The van der Waals surface area contributed by atoms with E-state index in [-0.39, 0.29) is 0 Å². The average Bonchev–Trinajstić information content (AvgIpc) is 2.44. The molecule has 0 unspecified atom stereocenters. The number of ether oxygens (including phenoxy) is 1. The fourth-order valence-corrected chi connectivity index (χ4v) is 1.21. The number of aromatic nitrogens is 2. The van der Waals surface area contributed by atoms with Gasteiger partial charge in [0.2, 0.25) is 0 Å². The van der Waals surface area contributed by atoms with Crippen LogP contribution in [-0.4, -0.2) is 17.0 Å². The second kappa shape index (κ2) is 2.41. The molecule has 0 spiro atoms. The third-order valence-corrected chi connectivity index (χ3v) is 1.75. The Bertz CT molecular complexity index is 408. The number of fused-ring (bicyclic) bond motifs is 1. The maximum absolute atomic E-state index is 5.46. The Hall–Kier alpha value is -1.71. The summed E-state index contributed by atoms with van der Waals surface area (Å²) in [6.45, 7) is 0. The number of nitrogens with two attached hydrogens (primary N) is 1. The Labute approximate surface area is 69.5 Å². The first-order chi connectivity index (χ1) is 5.81. The normalized spacial score (nSPS) is 10.4. The van der Waals surface area contributed by atoms with Crippen LogP contribution >= 0.6 is 0 Å². The highest BCUT2D eigenvalue weighted by Gasteiger charge is 2.03. The van der Waals surface area contributed by atoms with Crippen LogP contribution < -0.4 is 10.6 Å². The summed E-state index contributed by atoms with van der Waals surface area (Å²) in [5.41, 5.74) is 0.844. The number of hydrogen-bond acceptors (Lipinski definition) is 3. The molecule has 4 nitrogen and oxygen atoms in total. The number of rotatable bonds is 1. The van der Waals surface area contributed by atoms with E-state index in [9.17, 15) is 0 Å². The van der Waals surface area contributed by atoms with Gasteiger partial charge in [-0.15, -0.1) is 0 Å². The number of benzene rings is 1. The fourth-order valence-electron chi connectivity index (χ4n) is 1.21. The van der Waals surface area contributed by atoms with Crippen LogP contribution in [0.4, 0.5) is 0 Å². The van der Waals surface area contributed by atoms with Crippen molar-refractivity contribution in [1.82, 2.24) is 9.89 Å². The lowest BCUT2D eigenvalue weighted by Crippen LogP contribution is -2.07. The second-order valence-electron chi connectivity index (χ2n) is 2.50. The Morgan fingerprint density at radius 2 is 2.33 bits per heavy atom. The van der Waals surface area contributed by atoms with Crippen molar-refractivity contribution in [2.24, 2.45) is 0 Å². The molecule has 0 aliphatic heterocycles. The molecule has 1 aromatic heterocycles. The van der Waals surface area contributed by atoms with E-state index in [2.05, 4.69) is 5.10 Å². The van der Waals surface area contributed by atoms with Gasteiger partial charge in [-0.3, -0.25) is 0 Å². The van der Waals surface area contributed by atoms with Gasteiger partial charge in [0.05, 0.1) is 24.2 Å². The minimum Gasteiger partial charge on any atom is -0.496 e. The average molecular weight is 163 g/mol. The molecule has 62 valence electrons. The van der Waals surface area contributed by atoms with Crippen LogP contribution in [0.1, 0.15) is 0 Å². The monoisotopic (exact) mass is 163 g/mol. The molecule has 2 N–H and O–H groups in total. The van der Waals surface area contributed by atoms with Crippen LogP contribution in [-0.2, 0) is 0 Å². The summed E-state index contributed by atoms with van der Waals surface area (Å²) in [6.07, 6.45) is 1.73. The Morgan fingerprint density at radius 1 is 1.50 bits per heavy atom. The summed E-state index contributed by atoms with van der Waals surface area (Å²) < 4.78 is 5.13. The van der Waals surface area contributed by atoms with Crippen LogP contribution in [0, 0.1) is 0 Å². The highest BCUT2D eigenvalue weighted by Crippen LogP contribution is 2.22. The Kier molecular flexibility index (Phi) is 1.40. The zero-order chi connectivity index (χ0) is 8.55. The first-order valence-electron chi connectivity index (χ1n) is 3.59. The molecule has 1 aromatic carbocycles. The summed E-state index contributed by atoms with van der Waals surface area (Å²) >= 11 is 0. The van der Waals surface area contributed by atoms with Crippen molar-refractivity contribution in [3.05, 3.63) is 24.4 Å². The molecule has 12 heavy (non-hydrogen) atoms. The number of hydrogen-bond donors (Lipinski definition) is 1. The van der Waals surface area contributed by atoms with E-state index in [4.69, 9.17) is 10.6 Å². The predicted octanol–water partition coefficient (Wildman–Crippen LogP) is 0.759. The highest BCUT2D eigenvalue weighted by atomic mass is 16.5. The highest BCUT2D eigenvalue weighted by molar-refractivity contribution is 5.84.